The maximum atomic E-state index is 12.2. The van der Waals surface area contributed by atoms with E-state index in [1.165, 1.54) is 0 Å². The van der Waals surface area contributed by atoms with Gasteiger partial charge in [0.05, 0.1) is 11.4 Å². The van der Waals surface area contributed by atoms with Crippen LogP contribution in [0.1, 0.15) is 31.7 Å². The fraction of sp³-hybridized carbons (Fsp3) is 0.412. The molecule has 1 aliphatic rings. The second-order valence-corrected chi connectivity index (χ2v) is 5.50. The van der Waals surface area contributed by atoms with Gasteiger partial charge in [-0.15, -0.1) is 12.4 Å². The van der Waals surface area contributed by atoms with Gasteiger partial charge < -0.3 is 10.6 Å². The van der Waals surface area contributed by atoms with Crippen LogP contribution in [0.5, 0.6) is 0 Å². The lowest BCUT2D eigenvalue weighted by Crippen LogP contribution is -2.35. The first-order valence-electron chi connectivity index (χ1n) is 7.71. The van der Waals surface area contributed by atoms with Crippen molar-refractivity contribution in [2.75, 3.05) is 17.2 Å². The van der Waals surface area contributed by atoms with Crippen molar-refractivity contribution in [1.82, 2.24) is 5.32 Å². The third kappa shape index (κ3) is 5.69. The van der Waals surface area contributed by atoms with Gasteiger partial charge in [-0.1, -0.05) is 31.6 Å². The van der Waals surface area contributed by atoms with Gasteiger partial charge in [0.25, 0.3) is 0 Å². The van der Waals surface area contributed by atoms with Gasteiger partial charge in [0, 0.05) is 13.0 Å². The zero-order valence-corrected chi connectivity index (χ0v) is 14.3. The number of carbonyl (C=O) groups is 2. The van der Waals surface area contributed by atoms with E-state index in [9.17, 15) is 9.59 Å². The molecule has 1 atom stereocenters. The molecule has 1 unspecified atom stereocenters. The first-order chi connectivity index (χ1) is 10.6. The summed E-state index contributed by atoms with van der Waals surface area (Å²) in [5.74, 6) is -0.150. The van der Waals surface area contributed by atoms with E-state index in [2.05, 4.69) is 16.0 Å². The van der Waals surface area contributed by atoms with Crippen LogP contribution in [0.15, 0.2) is 30.4 Å². The number of hydrogen-bond acceptors (Lipinski definition) is 3. The quantitative estimate of drug-likeness (QED) is 0.699. The van der Waals surface area contributed by atoms with E-state index in [0.29, 0.717) is 24.3 Å². The molecule has 0 spiro atoms. The highest BCUT2D eigenvalue weighted by molar-refractivity contribution is 6.02. The molecular weight excluding hydrogens is 314 g/mol. The normalized spacial score (nSPS) is 15.8. The Kier molecular flexibility index (Phi) is 7.78. The maximum Gasteiger partial charge on any atom is 0.245 e. The molecular formula is C17H24ClN3O2. The summed E-state index contributed by atoms with van der Waals surface area (Å²) in [5, 5.41) is 8.83. The Labute approximate surface area is 143 Å². The van der Waals surface area contributed by atoms with Crippen LogP contribution < -0.4 is 16.0 Å². The van der Waals surface area contributed by atoms with Crippen LogP contribution in [-0.4, -0.2) is 24.4 Å². The van der Waals surface area contributed by atoms with Gasteiger partial charge in [0.2, 0.25) is 11.8 Å². The molecule has 23 heavy (non-hydrogen) atoms. The van der Waals surface area contributed by atoms with Crippen molar-refractivity contribution in [3.05, 3.63) is 35.9 Å². The summed E-state index contributed by atoms with van der Waals surface area (Å²) in [6, 6.07) is 5.29. The van der Waals surface area contributed by atoms with E-state index in [1.54, 1.807) is 0 Å². The zero-order valence-electron chi connectivity index (χ0n) is 13.5. The van der Waals surface area contributed by atoms with Crippen molar-refractivity contribution in [1.29, 1.82) is 0 Å². The second-order valence-electron chi connectivity index (χ2n) is 5.50. The molecule has 0 radical (unpaired) electrons. The minimum absolute atomic E-state index is 0. The lowest BCUT2D eigenvalue weighted by atomic mass is 10.1. The number of halogens is 1. The molecule has 6 heteroatoms. The molecule has 1 aliphatic heterocycles. The summed E-state index contributed by atoms with van der Waals surface area (Å²) >= 11 is 0. The molecule has 2 amide bonds. The van der Waals surface area contributed by atoms with E-state index in [0.717, 1.165) is 18.4 Å². The standard InChI is InChI=1S/C17H23N3O2.ClH/c1-3-4-7-16(21)19-13-9-8-12(2)11-15(13)20-17(22)14-6-5-10-18-14;/h5-6,8-9,11,14,18H,3-4,7,10H2,1-2H3,(H,19,21)(H,20,22);1H. The fourth-order valence-corrected chi connectivity index (χ4v) is 2.28. The number of rotatable bonds is 6. The summed E-state index contributed by atoms with van der Waals surface area (Å²) in [6.07, 6.45) is 6.09. The summed E-state index contributed by atoms with van der Waals surface area (Å²) in [4.78, 5) is 24.1. The third-order valence-corrected chi connectivity index (χ3v) is 3.53. The average molecular weight is 338 g/mol. The van der Waals surface area contributed by atoms with Gasteiger partial charge >= 0.3 is 0 Å². The molecule has 0 aliphatic carbocycles. The van der Waals surface area contributed by atoms with Crippen LogP contribution >= 0.6 is 12.4 Å². The van der Waals surface area contributed by atoms with Crippen LogP contribution in [0.4, 0.5) is 11.4 Å². The van der Waals surface area contributed by atoms with Crippen LogP contribution in [0.25, 0.3) is 0 Å². The van der Waals surface area contributed by atoms with Gasteiger partial charge in [0.1, 0.15) is 6.04 Å². The van der Waals surface area contributed by atoms with Gasteiger partial charge in [-0.25, -0.2) is 0 Å². The van der Waals surface area contributed by atoms with Crippen molar-refractivity contribution in [2.45, 2.75) is 39.2 Å². The van der Waals surface area contributed by atoms with E-state index in [4.69, 9.17) is 0 Å². The zero-order chi connectivity index (χ0) is 15.9. The highest BCUT2D eigenvalue weighted by Gasteiger charge is 2.19. The number of benzene rings is 1. The van der Waals surface area contributed by atoms with E-state index in [1.807, 2.05) is 44.2 Å². The van der Waals surface area contributed by atoms with Crippen LogP contribution in [0, 0.1) is 6.92 Å². The number of nitrogens with one attached hydrogen (secondary N) is 3. The van der Waals surface area contributed by atoms with Gasteiger partial charge in [-0.3, -0.25) is 14.9 Å². The topological polar surface area (TPSA) is 70.2 Å². The molecule has 0 bridgehead atoms. The Morgan fingerprint density at radius 3 is 2.70 bits per heavy atom. The molecule has 0 saturated carbocycles. The monoisotopic (exact) mass is 337 g/mol. The minimum atomic E-state index is -0.316. The molecule has 1 aromatic carbocycles. The number of hydrogen-bond donors (Lipinski definition) is 3. The van der Waals surface area contributed by atoms with Crippen molar-refractivity contribution in [3.8, 4) is 0 Å². The van der Waals surface area contributed by atoms with E-state index in [-0.39, 0.29) is 30.3 Å². The van der Waals surface area contributed by atoms with E-state index >= 15 is 0 Å². The Bertz CT molecular complexity index is 587. The molecule has 0 saturated heterocycles. The van der Waals surface area contributed by atoms with Gasteiger partial charge in [-0.2, -0.15) is 0 Å². The molecule has 2 rings (SSSR count). The van der Waals surface area contributed by atoms with E-state index < -0.39 is 0 Å². The smallest absolute Gasteiger partial charge is 0.245 e. The van der Waals surface area contributed by atoms with Crippen molar-refractivity contribution < 1.29 is 9.59 Å². The number of aryl methyl sites for hydroxylation is 1. The van der Waals surface area contributed by atoms with Gasteiger partial charge in [-0.05, 0) is 31.0 Å². The molecule has 1 aromatic rings. The summed E-state index contributed by atoms with van der Waals surface area (Å²) in [7, 11) is 0. The van der Waals surface area contributed by atoms with Crippen molar-refractivity contribution >= 4 is 35.6 Å². The highest BCUT2D eigenvalue weighted by Crippen LogP contribution is 2.24. The van der Waals surface area contributed by atoms with Crippen molar-refractivity contribution in [3.63, 3.8) is 0 Å². The minimum Gasteiger partial charge on any atom is -0.324 e. The van der Waals surface area contributed by atoms with Crippen LogP contribution in [-0.2, 0) is 9.59 Å². The first-order valence-corrected chi connectivity index (χ1v) is 7.71. The Hall–Kier alpha value is -1.85. The van der Waals surface area contributed by atoms with Crippen molar-refractivity contribution in [2.24, 2.45) is 0 Å². The first kappa shape index (κ1) is 19.2. The maximum absolute atomic E-state index is 12.2. The Morgan fingerprint density at radius 2 is 2.04 bits per heavy atom. The van der Waals surface area contributed by atoms with Gasteiger partial charge in [0.15, 0.2) is 0 Å². The number of anilines is 2. The number of carbonyl (C=O) groups excluding carboxylic acids is 2. The largest absolute Gasteiger partial charge is 0.324 e. The predicted molar refractivity (Wildman–Crippen MR) is 96.1 cm³/mol. The highest BCUT2D eigenvalue weighted by atomic mass is 35.5. The summed E-state index contributed by atoms with van der Waals surface area (Å²) < 4.78 is 0. The fourth-order valence-electron chi connectivity index (χ4n) is 2.28. The van der Waals surface area contributed by atoms with Crippen LogP contribution in [0.3, 0.4) is 0 Å². The lowest BCUT2D eigenvalue weighted by molar-refractivity contribution is -0.117. The average Bonchev–Trinajstić information content (AvgIpc) is 3.02. The molecule has 126 valence electrons. The second kappa shape index (κ2) is 9.33. The molecule has 3 N–H and O–H groups in total. The molecule has 0 fully saturated rings. The molecule has 1 heterocycles. The number of unbranched alkanes of at least 4 members (excludes halogenated alkanes) is 1. The summed E-state index contributed by atoms with van der Waals surface area (Å²) in [5.41, 5.74) is 2.30. The third-order valence-electron chi connectivity index (χ3n) is 3.53. The Morgan fingerprint density at radius 1 is 1.26 bits per heavy atom. The van der Waals surface area contributed by atoms with Crippen LogP contribution in [0.2, 0.25) is 0 Å². The summed E-state index contributed by atoms with van der Waals surface area (Å²) in [6.45, 7) is 4.70. The Balaban J connectivity index is 0.00000264. The SMILES string of the molecule is CCCCC(=O)Nc1ccc(C)cc1NC(=O)C1C=CCN1.Cl. The molecule has 5 nitrogen and oxygen atoms in total. The number of amides is 2. The predicted octanol–water partition coefficient (Wildman–Crippen LogP) is 3.01. The molecule has 0 aromatic heterocycles. The lowest BCUT2D eigenvalue weighted by Gasteiger charge is -2.15.